The third kappa shape index (κ3) is 1.36. The molecule has 0 saturated carbocycles. The quantitative estimate of drug-likeness (QED) is 0.749. The fraction of sp³-hybridized carbons (Fsp3) is 0.167. The predicted octanol–water partition coefficient (Wildman–Crippen LogP) is 2.09. The topological polar surface area (TPSA) is 60.2 Å². The average molecular weight is 236 g/mol. The Bertz CT molecular complexity index is 509. The van der Waals surface area contributed by atoms with E-state index in [0.29, 0.717) is 11.1 Å². The first-order valence-electron chi connectivity index (χ1n) is 4.79. The van der Waals surface area contributed by atoms with Crippen LogP contribution in [-0.2, 0) is 0 Å². The van der Waals surface area contributed by atoms with Gasteiger partial charge < -0.3 is 5.73 Å². The van der Waals surface area contributed by atoms with Gasteiger partial charge in [0, 0.05) is 11.1 Å². The first-order chi connectivity index (χ1) is 7.43. The minimum atomic E-state index is -0.378. The number of carbonyl (C=O) groups is 2. The van der Waals surface area contributed by atoms with Gasteiger partial charge in [-0.1, -0.05) is 11.6 Å². The molecule has 2 N–H and O–H groups in total. The molecule has 0 unspecified atom stereocenters. The SMILES string of the molecule is Cc1cc2c(cc1C)C(=O)C(Cl)=C(N)C2=O. The Morgan fingerprint density at radius 1 is 1.00 bits per heavy atom. The average Bonchev–Trinajstić information content (AvgIpc) is 2.26. The van der Waals surface area contributed by atoms with Crippen LogP contribution < -0.4 is 5.73 Å². The van der Waals surface area contributed by atoms with Crippen molar-refractivity contribution in [3.8, 4) is 0 Å². The molecular weight excluding hydrogens is 226 g/mol. The van der Waals surface area contributed by atoms with E-state index in [1.54, 1.807) is 12.1 Å². The van der Waals surface area contributed by atoms with Crippen molar-refractivity contribution >= 4 is 23.2 Å². The molecule has 0 fully saturated rings. The van der Waals surface area contributed by atoms with Gasteiger partial charge in [-0.25, -0.2) is 0 Å². The van der Waals surface area contributed by atoms with Gasteiger partial charge in [-0.05, 0) is 37.1 Å². The second-order valence-corrected chi connectivity index (χ2v) is 4.25. The van der Waals surface area contributed by atoms with E-state index in [4.69, 9.17) is 17.3 Å². The number of Topliss-reactive ketones (excluding diaryl/α,β-unsaturated/α-hetero) is 2. The largest absolute Gasteiger partial charge is 0.394 e. The Morgan fingerprint density at radius 3 is 1.94 bits per heavy atom. The van der Waals surface area contributed by atoms with Gasteiger partial charge in [0.2, 0.25) is 11.6 Å². The van der Waals surface area contributed by atoms with Crippen molar-refractivity contribution in [2.24, 2.45) is 5.73 Å². The number of rotatable bonds is 0. The molecule has 3 nitrogen and oxygen atoms in total. The molecule has 2 rings (SSSR count). The van der Waals surface area contributed by atoms with Crippen molar-refractivity contribution in [1.29, 1.82) is 0 Å². The normalized spacial score (nSPS) is 15.4. The number of hydrogen-bond acceptors (Lipinski definition) is 3. The summed E-state index contributed by atoms with van der Waals surface area (Å²) in [6, 6.07) is 3.36. The molecule has 0 aromatic heterocycles. The van der Waals surface area contributed by atoms with Crippen molar-refractivity contribution in [3.63, 3.8) is 0 Å². The molecule has 82 valence electrons. The molecule has 0 spiro atoms. The van der Waals surface area contributed by atoms with Gasteiger partial charge in [-0.3, -0.25) is 9.59 Å². The molecule has 0 aliphatic heterocycles. The maximum absolute atomic E-state index is 11.8. The Kier molecular flexibility index (Phi) is 2.35. The number of carbonyl (C=O) groups excluding carboxylic acids is 2. The fourth-order valence-corrected chi connectivity index (χ4v) is 1.86. The van der Waals surface area contributed by atoms with Crippen LogP contribution in [0.1, 0.15) is 31.8 Å². The summed E-state index contributed by atoms with van der Waals surface area (Å²) in [7, 11) is 0. The summed E-state index contributed by atoms with van der Waals surface area (Å²) in [6.07, 6.45) is 0. The lowest BCUT2D eigenvalue weighted by Gasteiger charge is -2.16. The highest BCUT2D eigenvalue weighted by Crippen LogP contribution is 2.28. The number of hydrogen-bond donors (Lipinski definition) is 1. The minimum absolute atomic E-state index is 0.164. The fourth-order valence-electron chi connectivity index (χ4n) is 1.68. The van der Waals surface area contributed by atoms with Crippen LogP contribution in [0.5, 0.6) is 0 Å². The number of halogens is 1. The van der Waals surface area contributed by atoms with Crippen molar-refractivity contribution in [2.45, 2.75) is 13.8 Å². The third-order valence-electron chi connectivity index (χ3n) is 2.80. The third-order valence-corrected chi connectivity index (χ3v) is 3.18. The van der Waals surface area contributed by atoms with E-state index in [1.807, 2.05) is 13.8 Å². The summed E-state index contributed by atoms with van der Waals surface area (Å²) < 4.78 is 0. The smallest absolute Gasteiger partial charge is 0.211 e. The predicted molar refractivity (Wildman–Crippen MR) is 61.6 cm³/mol. The van der Waals surface area contributed by atoms with E-state index < -0.39 is 0 Å². The van der Waals surface area contributed by atoms with E-state index in [9.17, 15) is 9.59 Å². The first kappa shape index (κ1) is 10.9. The number of allylic oxidation sites excluding steroid dienone is 2. The standard InChI is InChI=1S/C12H10ClNO2/c1-5-3-7-8(4-6(5)2)12(16)10(14)9(13)11(7)15/h3-4H,14H2,1-2H3. The lowest BCUT2D eigenvalue weighted by atomic mass is 9.89. The first-order valence-corrected chi connectivity index (χ1v) is 5.17. The van der Waals surface area contributed by atoms with Gasteiger partial charge in [0.25, 0.3) is 0 Å². The monoisotopic (exact) mass is 235 g/mol. The maximum Gasteiger partial charge on any atom is 0.211 e. The van der Waals surface area contributed by atoms with Gasteiger partial charge in [0.05, 0.1) is 0 Å². The van der Waals surface area contributed by atoms with E-state index in [-0.39, 0.29) is 22.3 Å². The van der Waals surface area contributed by atoms with Crippen molar-refractivity contribution in [1.82, 2.24) is 0 Å². The second kappa shape index (κ2) is 3.46. The van der Waals surface area contributed by atoms with Crippen molar-refractivity contribution in [3.05, 3.63) is 45.1 Å². The summed E-state index contributed by atoms with van der Waals surface area (Å²) in [6.45, 7) is 3.76. The highest BCUT2D eigenvalue weighted by Gasteiger charge is 2.30. The highest BCUT2D eigenvalue weighted by atomic mass is 35.5. The summed E-state index contributed by atoms with van der Waals surface area (Å²) >= 11 is 5.72. The molecule has 1 aromatic carbocycles. The number of aryl methyl sites for hydroxylation is 2. The van der Waals surface area contributed by atoms with Gasteiger partial charge >= 0.3 is 0 Å². The lowest BCUT2D eigenvalue weighted by Crippen LogP contribution is -2.24. The van der Waals surface area contributed by atoms with Crippen LogP contribution in [0.15, 0.2) is 22.9 Å². The number of benzene rings is 1. The molecule has 0 amide bonds. The number of ketones is 2. The highest BCUT2D eigenvalue weighted by molar-refractivity contribution is 6.49. The van der Waals surface area contributed by atoms with Crippen LogP contribution in [-0.4, -0.2) is 11.6 Å². The lowest BCUT2D eigenvalue weighted by molar-refractivity contribution is 0.0979. The summed E-state index contributed by atoms with van der Waals surface area (Å²) in [4.78, 5) is 23.6. The Morgan fingerprint density at radius 2 is 1.44 bits per heavy atom. The Balaban J connectivity index is 2.76. The number of fused-ring (bicyclic) bond motifs is 1. The minimum Gasteiger partial charge on any atom is -0.394 e. The van der Waals surface area contributed by atoms with Crippen molar-refractivity contribution < 1.29 is 9.59 Å². The zero-order valence-electron chi connectivity index (χ0n) is 8.93. The second-order valence-electron chi connectivity index (χ2n) is 3.87. The molecule has 0 atom stereocenters. The van der Waals surface area contributed by atoms with Crippen LogP contribution in [0.25, 0.3) is 0 Å². The van der Waals surface area contributed by atoms with Gasteiger partial charge in [0.15, 0.2) is 0 Å². The molecule has 0 heterocycles. The van der Waals surface area contributed by atoms with Gasteiger partial charge in [-0.15, -0.1) is 0 Å². The molecular formula is C12H10ClNO2. The van der Waals surface area contributed by atoms with Crippen LogP contribution in [0.4, 0.5) is 0 Å². The molecule has 0 bridgehead atoms. The molecule has 1 aliphatic rings. The maximum atomic E-state index is 11.8. The van der Waals surface area contributed by atoms with Crippen molar-refractivity contribution in [2.75, 3.05) is 0 Å². The van der Waals surface area contributed by atoms with Gasteiger partial charge in [0.1, 0.15) is 10.7 Å². The van der Waals surface area contributed by atoms with Crippen LogP contribution in [0.2, 0.25) is 0 Å². The Hall–Kier alpha value is -1.61. The molecule has 16 heavy (non-hydrogen) atoms. The molecule has 1 aliphatic carbocycles. The summed E-state index contributed by atoms with van der Waals surface area (Å²) in [5.74, 6) is -0.750. The molecule has 4 heteroatoms. The summed E-state index contributed by atoms with van der Waals surface area (Å²) in [5, 5.41) is -0.180. The van der Waals surface area contributed by atoms with Crippen LogP contribution in [0.3, 0.4) is 0 Å². The van der Waals surface area contributed by atoms with Crippen LogP contribution in [0, 0.1) is 13.8 Å². The van der Waals surface area contributed by atoms with E-state index >= 15 is 0 Å². The molecule has 0 saturated heterocycles. The summed E-state index contributed by atoms with van der Waals surface area (Å²) in [5.41, 5.74) is 7.91. The van der Waals surface area contributed by atoms with Gasteiger partial charge in [-0.2, -0.15) is 0 Å². The number of nitrogens with two attached hydrogens (primary N) is 1. The van der Waals surface area contributed by atoms with E-state index in [2.05, 4.69) is 0 Å². The Labute approximate surface area is 97.9 Å². The molecule has 0 radical (unpaired) electrons. The zero-order chi connectivity index (χ0) is 12.0. The zero-order valence-corrected chi connectivity index (χ0v) is 9.68. The molecule has 1 aromatic rings. The van der Waals surface area contributed by atoms with E-state index in [1.165, 1.54) is 0 Å². The van der Waals surface area contributed by atoms with E-state index in [0.717, 1.165) is 11.1 Å². The van der Waals surface area contributed by atoms with Crippen LogP contribution >= 0.6 is 11.6 Å².